The van der Waals surface area contributed by atoms with Crippen LogP contribution < -0.4 is 0 Å². The van der Waals surface area contributed by atoms with E-state index in [1.165, 1.54) is 21.6 Å². The third-order valence-corrected chi connectivity index (χ3v) is 4.87. The fourth-order valence-electron chi connectivity index (χ4n) is 0.694. The molecule has 0 heterocycles. The lowest BCUT2D eigenvalue weighted by molar-refractivity contribution is -0.134. The van der Waals surface area contributed by atoms with Gasteiger partial charge in [0.05, 0.1) is 6.42 Å². The lowest BCUT2D eigenvalue weighted by Gasteiger charge is -2.16. The van der Waals surface area contributed by atoms with Gasteiger partial charge in [0, 0.05) is 10.5 Å². The van der Waals surface area contributed by atoms with E-state index in [0.29, 0.717) is 11.7 Å². The van der Waals surface area contributed by atoms with Crippen LogP contribution in [-0.4, -0.2) is 16.7 Å². The predicted molar refractivity (Wildman–Crippen MR) is 55.1 cm³/mol. The molecule has 5 heteroatoms. The van der Waals surface area contributed by atoms with Gasteiger partial charge in [0.25, 0.3) is 0 Å². The topological polar surface area (TPSA) is 0 Å². The zero-order chi connectivity index (χ0) is 10.5. The lowest BCUT2D eigenvalue weighted by atomic mass is 10.2. The molecule has 80 valence electrons. The molecule has 0 spiro atoms. The van der Waals surface area contributed by atoms with Gasteiger partial charge in [-0.15, -0.1) is 0 Å². The van der Waals surface area contributed by atoms with E-state index in [4.69, 9.17) is 0 Å². The maximum atomic E-state index is 12.0. The third kappa shape index (κ3) is 8.81. The van der Waals surface area contributed by atoms with Gasteiger partial charge in [-0.05, 0) is 6.42 Å². The van der Waals surface area contributed by atoms with Gasteiger partial charge < -0.3 is 0 Å². The highest BCUT2D eigenvalue weighted by atomic mass is 33.1. The number of halogens is 3. The van der Waals surface area contributed by atoms with Crippen molar-refractivity contribution < 1.29 is 13.2 Å². The average Bonchev–Trinajstić information content (AvgIpc) is 1.95. The van der Waals surface area contributed by atoms with Crippen LogP contribution in [0.4, 0.5) is 13.2 Å². The van der Waals surface area contributed by atoms with Crippen LogP contribution >= 0.6 is 21.6 Å². The Labute approximate surface area is 85.4 Å². The fraction of sp³-hybridized carbons (Fsp3) is 1.00. The van der Waals surface area contributed by atoms with Crippen molar-refractivity contribution in [1.29, 1.82) is 0 Å². The summed E-state index contributed by atoms with van der Waals surface area (Å²) < 4.78 is 36.0. The third-order valence-electron chi connectivity index (χ3n) is 1.30. The summed E-state index contributed by atoms with van der Waals surface area (Å²) in [4.78, 5) is 0. The summed E-state index contributed by atoms with van der Waals surface area (Å²) in [5.74, 6) is 0. The van der Waals surface area contributed by atoms with Crippen molar-refractivity contribution in [2.75, 3.05) is 0 Å². The van der Waals surface area contributed by atoms with E-state index >= 15 is 0 Å². The van der Waals surface area contributed by atoms with E-state index in [9.17, 15) is 13.2 Å². The molecule has 0 aliphatic carbocycles. The zero-order valence-corrected chi connectivity index (χ0v) is 9.65. The first kappa shape index (κ1) is 13.5. The summed E-state index contributed by atoms with van der Waals surface area (Å²) in [6.07, 6.45) is -4.12. The van der Waals surface area contributed by atoms with Crippen LogP contribution in [0.25, 0.3) is 0 Å². The van der Waals surface area contributed by atoms with Crippen LogP contribution in [0.5, 0.6) is 0 Å². The van der Waals surface area contributed by atoms with E-state index in [2.05, 4.69) is 0 Å². The van der Waals surface area contributed by atoms with Gasteiger partial charge in [-0.1, -0.05) is 42.4 Å². The molecule has 0 rings (SSSR count). The van der Waals surface area contributed by atoms with Gasteiger partial charge in [-0.25, -0.2) is 0 Å². The fourth-order valence-corrected chi connectivity index (χ4v) is 3.22. The molecule has 0 aromatic carbocycles. The Morgan fingerprint density at radius 1 is 1.15 bits per heavy atom. The highest BCUT2D eigenvalue weighted by Crippen LogP contribution is 2.37. The number of hydrogen-bond acceptors (Lipinski definition) is 2. The van der Waals surface area contributed by atoms with Gasteiger partial charge >= 0.3 is 6.18 Å². The molecule has 0 radical (unpaired) electrons. The summed E-state index contributed by atoms with van der Waals surface area (Å²) in [5.41, 5.74) is 0. The van der Waals surface area contributed by atoms with Crippen LogP contribution in [0.3, 0.4) is 0 Å². The van der Waals surface area contributed by atoms with Gasteiger partial charge in [-0.2, -0.15) is 13.2 Å². The molecule has 0 amide bonds. The van der Waals surface area contributed by atoms with E-state index in [-0.39, 0.29) is 5.25 Å². The average molecular weight is 232 g/mol. The van der Waals surface area contributed by atoms with Crippen LogP contribution in [0.15, 0.2) is 0 Å². The van der Waals surface area contributed by atoms with Crippen molar-refractivity contribution >= 4 is 21.6 Å². The molecule has 1 atom stereocenters. The van der Waals surface area contributed by atoms with Gasteiger partial charge in [0.15, 0.2) is 0 Å². The second-order valence-corrected chi connectivity index (χ2v) is 6.24. The van der Waals surface area contributed by atoms with Crippen molar-refractivity contribution in [3.8, 4) is 0 Å². The number of alkyl halides is 3. The summed E-state index contributed by atoms with van der Waals surface area (Å²) >= 11 is 0. The molecule has 0 saturated carbocycles. The van der Waals surface area contributed by atoms with Crippen LogP contribution in [0, 0.1) is 0 Å². The maximum Gasteiger partial charge on any atom is 0.390 e. The largest absolute Gasteiger partial charge is 0.390 e. The minimum atomic E-state index is -4.02. The maximum absolute atomic E-state index is 12.0. The summed E-state index contributed by atoms with van der Waals surface area (Å²) in [7, 11) is 2.87. The van der Waals surface area contributed by atoms with Gasteiger partial charge in [-0.3, -0.25) is 0 Å². The Morgan fingerprint density at radius 2 is 1.69 bits per heavy atom. The summed E-state index contributed by atoms with van der Waals surface area (Å²) in [5, 5.41) is 0.0830. The van der Waals surface area contributed by atoms with E-state index in [1.54, 1.807) is 6.92 Å². The Bertz CT molecular complexity index is 134. The molecular weight excluding hydrogens is 217 g/mol. The molecule has 0 aromatic rings. The summed E-state index contributed by atoms with van der Waals surface area (Å²) in [6.45, 7) is 5.76. The standard InChI is InChI=1S/C8H15F3S2/c1-4-7(5-8(9,10)11)13-12-6(2)3/h6-7H,4-5H2,1-3H3. The molecule has 0 saturated heterocycles. The van der Waals surface area contributed by atoms with E-state index in [0.717, 1.165) is 0 Å². The highest BCUT2D eigenvalue weighted by Gasteiger charge is 2.31. The Morgan fingerprint density at radius 3 is 2.00 bits per heavy atom. The predicted octanol–water partition coefficient (Wildman–Crippen LogP) is 4.51. The van der Waals surface area contributed by atoms with Gasteiger partial charge in [0.2, 0.25) is 0 Å². The number of rotatable bonds is 5. The molecule has 0 aromatic heterocycles. The first-order chi connectivity index (χ1) is 5.85. The second kappa shape index (κ2) is 6.06. The molecule has 0 bridgehead atoms. The molecule has 0 aliphatic rings. The molecule has 0 nitrogen and oxygen atoms in total. The highest BCUT2D eigenvalue weighted by molar-refractivity contribution is 8.77. The van der Waals surface area contributed by atoms with Crippen molar-refractivity contribution in [3.05, 3.63) is 0 Å². The van der Waals surface area contributed by atoms with Crippen molar-refractivity contribution in [1.82, 2.24) is 0 Å². The normalized spacial score (nSPS) is 15.0. The van der Waals surface area contributed by atoms with E-state index in [1.807, 2.05) is 13.8 Å². The van der Waals surface area contributed by atoms with E-state index < -0.39 is 12.6 Å². The lowest BCUT2D eigenvalue weighted by Crippen LogP contribution is -2.15. The molecule has 1 unspecified atom stereocenters. The Balaban J connectivity index is 3.76. The minimum Gasteiger partial charge on any atom is -0.171 e. The summed E-state index contributed by atoms with van der Waals surface area (Å²) in [6, 6.07) is 0. The second-order valence-electron chi connectivity index (χ2n) is 3.09. The van der Waals surface area contributed by atoms with Crippen molar-refractivity contribution in [3.63, 3.8) is 0 Å². The molecule has 0 aliphatic heterocycles. The minimum absolute atomic E-state index is 0.299. The van der Waals surface area contributed by atoms with Crippen molar-refractivity contribution in [2.45, 2.75) is 50.3 Å². The molecule has 13 heavy (non-hydrogen) atoms. The molecule has 0 N–H and O–H groups in total. The van der Waals surface area contributed by atoms with Crippen molar-refractivity contribution in [2.24, 2.45) is 0 Å². The smallest absolute Gasteiger partial charge is 0.171 e. The first-order valence-corrected chi connectivity index (χ1v) is 6.51. The number of hydrogen-bond donors (Lipinski definition) is 0. The van der Waals surface area contributed by atoms with Crippen LogP contribution in [0.1, 0.15) is 33.6 Å². The Hall–Kier alpha value is 0.490. The zero-order valence-electron chi connectivity index (χ0n) is 8.02. The first-order valence-electron chi connectivity index (χ1n) is 4.24. The Kier molecular flexibility index (Phi) is 6.29. The van der Waals surface area contributed by atoms with Crippen LogP contribution in [-0.2, 0) is 0 Å². The molecule has 0 fully saturated rings. The van der Waals surface area contributed by atoms with Crippen LogP contribution in [0.2, 0.25) is 0 Å². The monoisotopic (exact) mass is 232 g/mol. The quantitative estimate of drug-likeness (QED) is 0.640. The van der Waals surface area contributed by atoms with Gasteiger partial charge in [0.1, 0.15) is 0 Å². The molecular formula is C8H15F3S2. The SMILES string of the molecule is CCC(CC(F)(F)F)SSC(C)C.